The summed E-state index contributed by atoms with van der Waals surface area (Å²) >= 11 is 0. The first-order chi connectivity index (χ1) is 9.61. The molecule has 1 aliphatic heterocycles. The summed E-state index contributed by atoms with van der Waals surface area (Å²) in [6.07, 6.45) is 5.54. The zero-order valence-corrected chi connectivity index (χ0v) is 12.8. The van der Waals surface area contributed by atoms with Crippen molar-refractivity contribution in [2.24, 2.45) is 5.92 Å². The zero-order valence-electron chi connectivity index (χ0n) is 12.8. The molecule has 0 aliphatic carbocycles. The number of hydrogen-bond acceptors (Lipinski definition) is 4. The highest BCUT2D eigenvalue weighted by molar-refractivity contribution is 5.77. The van der Waals surface area contributed by atoms with Crippen LogP contribution in [0.5, 0.6) is 0 Å². The number of amides is 1. The zero-order chi connectivity index (χ0) is 14.8. The summed E-state index contributed by atoms with van der Waals surface area (Å²) in [6, 6.07) is 0. The predicted molar refractivity (Wildman–Crippen MR) is 78.3 cm³/mol. The molecule has 1 rings (SSSR count). The summed E-state index contributed by atoms with van der Waals surface area (Å²) in [5.41, 5.74) is 0. The lowest BCUT2D eigenvalue weighted by Gasteiger charge is -2.29. The molecule has 1 saturated heterocycles. The number of methoxy groups -OCH3 is 1. The summed E-state index contributed by atoms with van der Waals surface area (Å²) in [4.78, 5) is 24.9. The minimum atomic E-state index is -0.159. The summed E-state index contributed by atoms with van der Waals surface area (Å²) < 4.78 is 4.57. The summed E-state index contributed by atoms with van der Waals surface area (Å²) in [5, 5.41) is 2.95. The van der Waals surface area contributed by atoms with Gasteiger partial charge in [-0.3, -0.25) is 14.5 Å². The van der Waals surface area contributed by atoms with E-state index in [0.29, 0.717) is 19.5 Å². The standard InChI is InChI=1S/C15H28N2O3/c1-13-7-10-17(11-8-13)12-14(18)16-9-5-3-4-6-15(19)20-2/h13H,3-12H2,1-2H3,(H,16,18). The largest absolute Gasteiger partial charge is 0.469 e. The summed E-state index contributed by atoms with van der Waals surface area (Å²) in [6.45, 7) is 5.56. The molecule has 116 valence electrons. The maximum absolute atomic E-state index is 11.8. The lowest BCUT2D eigenvalue weighted by Crippen LogP contribution is -2.41. The van der Waals surface area contributed by atoms with Gasteiger partial charge in [0, 0.05) is 13.0 Å². The number of nitrogens with one attached hydrogen (secondary N) is 1. The molecule has 5 nitrogen and oxygen atoms in total. The van der Waals surface area contributed by atoms with Crippen LogP contribution in [0, 0.1) is 5.92 Å². The van der Waals surface area contributed by atoms with Crippen LogP contribution in [0.25, 0.3) is 0 Å². The Hall–Kier alpha value is -1.10. The fourth-order valence-corrected chi connectivity index (χ4v) is 2.38. The highest BCUT2D eigenvalue weighted by Gasteiger charge is 2.17. The van der Waals surface area contributed by atoms with Gasteiger partial charge in [-0.1, -0.05) is 13.3 Å². The van der Waals surface area contributed by atoms with E-state index in [1.807, 2.05) is 0 Å². The average molecular weight is 284 g/mol. The van der Waals surface area contributed by atoms with Crippen LogP contribution >= 0.6 is 0 Å². The molecule has 5 heteroatoms. The number of ether oxygens (including phenoxy) is 1. The van der Waals surface area contributed by atoms with Crippen molar-refractivity contribution in [3.8, 4) is 0 Å². The Morgan fingerprint density at radius 3 is 2.55 bits per heavy atom. The number of rotatable bonds is 8. The van der Waals surface area contributed by atoms with Gasteiger partial charge >= 0.3 is 5.97 Å². The molecule has 1 N–H and O–H groups in total. The van der Waals surface area contributed by atoms with Crippen LogP contribution in [0.4, 0.5) is 0 Å². The summed E-state index contributed by atoms with van der Waals surface area (Å²) in [5.74, 6) is 0.755. The van der Waals surface area contributed by atoms with Crippen molar-refractivity contribution in [2.75, 3.05) is 33.3 Å². The van der Waals surface area contributed by atoms with Gasteiger partial charge in [-0.25, -0.2) is 0 Å². The molecule has 0 bridgehead atoms. The SMILES string of the molecule is COC(=O)CCCCCNC(=O)CN1CCC(C)CC1. The first-order valence-corrected chi connectivity index (χ1v) is 7.67. The van der Waals surface area contributed by atoms with Crippen LogP contribution in [0.15, 0.2) is 0 Å². The van der Waals surface area contributed by atoms with Gasteiger partial charge in [0.15, 0.2) is 0 Å². The fraction of sp³-hybridized carbons (Fsp3) is 0.867. The van der Waals surface area contributed by atoms with E-state index in [2.05, 4.69) is 21.9 Å². The van der Waals surface area contributed by atoms with Crippen molar-refractivity contribution in [2.45, 2.75) is 45.4 Å². The topological polar surface area (TPSA) is 58.6 Å². The van der Waals surface area contributed by atoms with Crippen LogP contribution in [0.3, 0.4) is 0 Å². The number of piperidine rings is 1. The monoisotopic (exact) mass is 284 g/mol. The first kappa shape index (κ1) is 17.0. The third-order valence-electron chi connectivity index (χ3n) is 3.85. The smallest absolute Gasteiger partial charge is 0.305 e. The molecule has 20 heavy (non-hydrogen) atoms. The van der Waals surface area contributed by atoms with E-state index in [1.165, 1.54) is 20.0 Å². The van der Waals surface area contributed by atoms with E-state index in [0.717, 1.165) is 38.3 Å². The van der Waals surface area contributed by atoms with Gasteiger partial charge in [-0.2, -0.15) is 0 Å². The molecule has 0 radical (unpaired) electrons. The highest BCUT2D eigenvalue weighted by atomic mass is 16.5. The second-order valence-corrected chi connectivity index (χ2v) is 5.70. The van der Waals surface area contributed by atoms with Crippen molar-refractivity contribution in [1.82, 2.24) is 10.2 Å². The Morgan fingerprint density at radius 2 is 1.90 bits per heavy atom. The number of nitrogens with zero attached hydrogens (tertiary/aromatic N) is 1. The third kappa shape index (κ3) is 7.48. The Kier molecular flexibility index (Phi) is 8.26. The van der Waals surface area contributed by atoms with Crippen molar-refractivity contribution in [3.05, 3.63) is 0 Å². The second kappa shape index (κ2) is 9.75. The molecule has 0 aromatic rings. The molecule has 0 spiro atoms. The second-order valence-electron chi connectivity index (χ2n) is 5.70. The van der Waals surface area contributed by atoms with E-state index in [-0.39, 0.29) is 11.9 Å². The molecule has 1 aliphatic rings. The molecule has 1 heterocycles. The Morgan fingerprint density at radius 1 is 1.20 bits per heavy atom. The number of unbranched alkanes of at least 4 members (excludes halogenated alkanes) is 2. The normalized spacial score (nSPS) is 16.9. The van der Waals surface area contributed by atoms with Gasteiger partial charge in [-0.05, 0) is 44.7 Å². The number of esters is 1. The average Bonchev–Trinajstić information content (AvgIpc) is 2.44. The van der Waals surface area contributed by atoms with Gasteiger partial charge in [0.25, 0.3) is 0 Å². The van der Waals surface area contributed by atoms with Gasteiger partial charge in [0.2, 0.25) is 5.91 Å². The number of carbonyl (C=O) groups excluding carboxylic acids is 2. The number of hydrogen-bond donors (Lipinski definition) is 1. The predicted octanol–water partition coefficient (Wildman–Crippen LogP) is 1.57. The molecule has 0 unspecified atom stereocenters. The molecule has 0 aromatic carbocycles. The fourth-order valence-electron chi connectivity index (χ4n) is 2.38. The molecule has 0 aromatic heterocycles. The highest BCUT2D eigenvalue weighted by Crippen LogP contribution is 2.15. The quantitative estimate of drug-likeness (QED) is 0.543. The molecule has 1 amide bonds. The number of carbonyl (C=O) groups is 2. The van der Waals surface area contributed by atoms with Crippen molar-refractivity contribution in [3.63, 3.8) is 0 Å². The van der Waals surface area contributed by atoms with Crippen molar-refractivity contribution < 1.29 is 14.3 Å². The minimum absolute atomic E-state index is 0.118. The van der Waals surface area contributed by atoms with Crippen LogP contribution in [0.2, 0.25) is 0 Å². The van der Waals surface area contributed by atoms with E-state index in [9.17, 15) is 9.59 Å². The van der Waals surface area contributed by atoms with Gasteiger partial charge in [0.1, 0.15) is 0 Å². The van der Waals surface area contributed by atoms with Crippen LogP contribution in [-0.2, 0) is 14.3 Å². The van der Waals surface area contributed by atoms with E-state index in [4.69, 9.17) is 0 Å². The van der Waals surface area contributed by atoms with Crippen LogP contribution in [0.1, 0.15) is 45.4 Å². The molecular weight excluding hydrogens is 256 g/mol. The van der Waals surface area contributed by atoms with Gasteiger partial charge in [-0.15, -0.1) is 0 Å². The van der Waals surface area contributed by atoms with Crippen LogP contribution < -0.4 is 5.32 Å². The Labute approximate surface area is 122 Å². The maximum atomic E-state index is 11.8. The van der Waals surface area contributed by atoms with Crippen molar-refractivity contribution >= 4 is 11.9 Å². The van der Waals surface area contributed by atoms with E-state index in [1.54, 1.807) is 0 Å². The van der Waals surface area contributed by atoms with E-state index >= 15 is 0 Å². The molecule has 0 saturated carbocycles. The Balaban J connectivity index is 1.96. The maximum Gasteiger partial charge on any atom is 0.305 e. The molecular formula is C15H28N2O3. The number of likely N-dealkylation sites (tertiary alicyclic amines) is 1. The Bertz CT molecular complexity index is 299. The first-order valence-electron chi connectivity index (χ1n) is 7.67. The lowest BCUT2D eigenvalue weighted by atomic mass is 9.99. The summed E-state index contributed by atoms with van der Waals surface area (Å²) in [7, 11) is 1.41. The van der Waals surface area contributed by atoms with Crippen molar-refractivity contribution in [1.29, 1.82) is 0 Å². The minimum Gasteiger partial charge on any atom is -0.469 e. The van der Waals surface area contributed by atoms with E-state index < -0.39 is 0 Å². The lowest BCUT2D eigenvalue weighted by molar-refractivity contribution is -0.140. The molecule has 1 fully saturated rings. The van der Waals surface area contributed by atoms with Gasteiger partial charge < -0.3 is 10.1 Å². The third-order valence-corrected chi connectivity index (χ3v) is 3.85. The molecule has 0 atom stereocenters. The van der Waals surface area contributed by atoms with Crippen LogP contribution in [-0.4, -0.2) is 50.1 Å². The van der Waals surface area contributed by atoms with Gasteiger partial charge in [0.05, 0.1) is 13.7 Å².